The molecule has 0 aromatic heterocycles. The second-order valence-electron chi connectivity index (χ2n) is 4.49. The molecule has 0 aliphatic carbocycles. The van der Waals surface area contributed by atoms with Crippen LogP contribution in [0.2, 0.25) is 0 Å². The average molecular weight is 266 g/mol. The van der Waals surface area contributed by atoms with E-state index < -0.39 is 0 Å². The van der Waals surface area contributed by atoms with E-state index in [0.717, 1.165) is 0 Å². The highest BCUT2D eigenvalue weighted by atomic mass is 16.5. The van der Waals surface area contributed by atoms with Gasteiger partial charge in [0.15, 0.2) is 6.61 Å². The number of carbonyl (C=O) groups is 1. The van der Waals surface area contributed by atoms with Crippen LogP contribution < -0.4 is 20.5 Å². The maximum Gasteiger partial charge on any atom is 0.262 e. The summed E-state index contributed by atoms with van der Waals surface area (Å²) in [5.41, 5.74) is 6.91. The van der Waals surface area contributed by atoms with Gasteiger partial charge in [-0.15, -0.1) is 0 Å². The number of carbonyl (C=O) groups excluding carboxylic acids is 1. The Bertz CT molecular complexity index is 474. The van der Waals surface area contributed by atoms with Gasteiger partial charge < -0.3 is 25.3 Å². The van der Waals surface area contributed by atoms with E-state index in [0.29, 0.717) is 36.1 Å². The third kappa shape index (κ3) is 3.51. The van der Waals surface area contributed by atoms with Crippen LogP contribution in [-0.4, -0.2) is 31.8 Å². The Hall–Kier alpha value is -1.95. The van der Waals surface area contributed by atoms with Crippen LogP contribution in [0.4, 0.5) is 11.4 Å². The summed E-state index contributed by atoms with van der Waals surface area (Å²) in [6.45, 7) is 4.81. The minimum atomic E-state index is -0.189. The predicted molar refractivity (Wildman–Crippen MR) is 71.6 cm³/mol. The van der Waals surface area contributed by atoms with Gasteiger partial charge in [0.1, 0.15) is 18.1 Å². The van der Waals surface area contributed by atoms with Gasteiger partial charge in [-0.2, -0.15) is 0 Å². The molecule has 0 radical (unpaired) electrons. The van der Waals surface area contributed by atoms with Crippen molar-refractivity contribution >= 4 is 17.3 Å². The normalized spacial score (nSPS) is 13.7. The molecule has 0 saturated heterocycles. The van der Waals surface area contributed by atoms with Crippen LogP contribution in [0.15, 0.2) is 12.1 Å². The Morgan fingerprint density at radius 2 is 2.21 bits per heavy atom. The second kappa shape index (κ2) is 5.79. The van der Waals surface area contributed by atoms with Crippen molar-refractivity contribution < 1.29 is 19.0 Å². The summed E-state index contributed by atoms with van der Waals surface area (Å²) in [5, 5.41) is 2.71. The molecule has 0 bridgehead atoms. The number of amides is 1. The summed E-state index contributed by atoms with van der Waals surface area (Å²) in [7, 11) is 0. The highest BCUT2D eigenvalue weighted by molar-refractivity contribution is 5.96. The van der Waals surface area contributed by atoms with E-state index in [1.54, 1.807) is 12.1 Å². The van der Waals surface area contributed by atoms with E-state index >= 15 is 0 Å². The summed E-state index contributed by atoms with van der Waals surface area (Å²) >= 11 is 0. The highest BCUT2D eigenvalue weighted by Gasteiger charge is 2.18. The van der Waals surface area contributed by atoms with Crippen molar-refractivity contribution in [2.45, 2.75) is 20.0 Å². The number of benzene rings is 1. The van der Waals surface area contributed by atoms with Gasteiger partial charge in [-0.05, 0) is 13.8 Å². The second-order valence-corrected chi connectivity index (χ2v) is 4.49. The summed E-state index contributed by atoms with van der Waals surface area (Å²) < 4.78 is 16.2. The van der Waals surface area contributed by atoms with Crippen molar-refractivity contribution in [3.05, 3.63) is 12.1 Å². The molecule has 0 fully saturated rings. The van der Waals surface area contributed by atoms with Crippen LogP contribution in [0.3, 0.4) is 0 Å². The Kier molecular flexibility index (Phi) is 4.11. The van der Waals surface area contributed by atoms with Crippen LogP contribution in [0.1, 0.15) is 13.8 Å². The molecule has 6 heteroatoms. The van der Waals surface area contributed by atoms with Gasteiger partial charge in [0.05, 0.1) is 24.1 Å². The topological polar surface area (TPSA) is 82.8 Å². The van der Waals surface area contributed by atoms with Crippen molar-refractivity contribution in [1.82, 2.24) is 0 Å². The molecule has 3 N–H and O–H groups in total. The fourth-order valence-electron chi connectivity index (χ4n) is 1.68. The Morgan fingerprint density at radius 1 is 1.42 bits per heavy atom. The van der Waals surface area contributed by atoms with E-state index in [-0.39, 0.29) is 18.6 Å². The van der Waals surface area contributed by atoms with Crippen LogP contribution in [0, 0.1) is 0 Å². The maximum atomic E-state index is 11.2. The van der Waals surface area contributed by atoms with E-state index in [9.17, 15) is 4.79 Å². The molecule has 1 aromatic carbocycles. The fraction of sp³-hybridized carbons (Fsp3) is 0.462. The fourth-order valence-corrected chi connectivity index (χ4v) is 1.68. The molecular weight excluding hydrogens is 248 g/mol. The molecular formula is C13H18N2O4. The maximum absolute atomic E-state index is 11.2. The number of nitrogens with two attached hydrogens (primary N) is 1. The van der Waals surface area contributed by atoms with E-state index in [1.807, 2.05) is 13.8 Å². The van der Waals surface area contributed by atoms with E-state index in [2.05, 4.69) is 5.32 Å². The molecule has 1 heterocycles. The van der Waals surface area contributed by atoms with Crippen molar-refractivity contribution in [3.8, 4) is 11.5 Å². The number of hydrogen-bond donors (Lipinski definition) is 2. The molecule has 1 aliphatic heterocycles. The molecule has 1 aromatic rings. The van der Waals surface area contributed by atoms with Gasteiger partial charge in [-0.25, -0.2) is 0 Å². The zero-order chi connectivity index (χ0) is 13.8. The first kappa shape index (κ1) is 13.5. The minimum Gasteiger partial charge on any atom is -0.489 e. The first-order valence-electron chi connectivity index (χ1n) is 6.17. The number of hydrogen-bond acceptors (Lipinski definition) is 5. The van der Waals surface area contributed by atoms with Crippen molar-refractivity contribution in [2.75, 3.05) is 30.9 Å². The quantitative estimate of drug-likeness (QED) is 0.622. The van der Waals surface area contributed by atoms with Gasteiger partial charge in [0.2, 0.25) is 0 Å². The lowest BCUT2D eigenvalue weighted by atomic mass is 10.2. The van der Waals surface area contributed by atoms with Crippen LogP contribution in [0.25, 0.3) is 0 Å². The number of ether oxygens (including phenoxy) is 3. The Labute approximate surface area is 111 Å². The number of anilines is 2. The molecule has 1 aliphatic rings. The molecule has 2 rings (SSSR count). The van der Waals surface area contributed by atoms with Crippen LogP contribution in [-0.2, 0) is 9.53 Å². The van der Waals surface area contributed by atoms with Gasteiger partial charge in [0.25, 0.3) is 5.91 Å². The standard InChI is InChI=1S/C13H18N2O4/c1-8(2)17-3-4-18-11-6-10-12(5-9(11)14)19-7-13(16)15-10/h5-6,8H,3-4,7,14H2,1-2H3,(H,15,16). The van der Waals surface area contributed by atoms with Crippen molar-refractivity contribution in [3.63, 3.8) is 0 Å². The third-order valence-corrected chi connectivity index (χ3v) is 2.54. The molecule has 1 amide bonds. The molecule has 19 heavy (non-hydrogen) atoms. The SMILES string of the molecule is CC(C)OCCOc1cc2c(cc1N)OCC(=O)N2. The first-order valence-corrected chi connectivity index (χ1v) is 6.17. The summed E-state index contributed by atoms with van der Waals surface area (Å²) in [6.07, 6.45) is 0.164. The van der Waals surface area contributed by atoms with E-state index in [1.165, 1.54) is 0 Å². The van der Waals surface area contributed by atoms with Gasteiger partial charge >= 0.3 is 0 Å². The molecule has 6 nitrogen and oxygen atoms in total. The molecule has 104 valence electrons. The molecule has 0 spiro atoms. The molecule has 0 unspecified atom stereocenters. The summed E-state index contributed by atoms with van der Waals surface area (Å²) in [6, 6.07) is 3.31. The van der Waals surface area contributed by atoms with Crippen LogP contribution in [0.5, 0.6) is 11.5 Å². The summed E-state index contributed by atoms with van der Waals surface area (Å²) in [4.78, 5) is 11.2. The van der Waals surface area contributed by atoms with Gasteiger partial charge in [0, 0.05) is 12.1 Å². The first-order chi connectivity index (χ1) is 9.06. The summed E-state index contributed by atoms with van der Waals surface area (Å²) in [5.74, 6) is 0.881. The zero-order valence-corrected chi connectivity index (χ0v) is 11.1. The minimum absolute atomic E-state index is 0.00880. The number of nitrogens with one attached hydrogen (secondary N) is 1. The highest BCUT2D eigenvalue weighted by Crippen LogP contribution is 2.36. The molecule has 0 saturated carbocycles. The van der Waals surface area contributed by atoms with Crippen molar-refractivity contribution in [1.29, 1.82) is 0 Å². The number of fused-ring (bicyclic) bond motifs is 1. The zero-order valence-electron chi connectivity index (χ0n) is 11.1. The predicted octanol–water partition coefficient (Wildman–Crippen LogP) is 1.40. The molecule has 0 atom stereocenters. The van der Waals surface area contributed by atoms with Crippen LogP contribution >= 0.6 is 0 Å². The van der Waals surface area contributed by atoms with Crippen molar-refractivity contribution in [2.24, 2.45) is 0 Å². The lowest BCUT2D eigenvalue weighted by molar-refractivity contribution is -0.118. The lowest BCUT2D eigenvalue weighted by Crippen LogP contribution is -2.25. The Balaban J connectivity index is 2.01. The average Bonchev–Trinajstić information content (AvgIpc) is 2.35. The smallest absolute Gasteiger partial charge is 0.262 e. The largest absolute Gasteiger partial charge is 0.489 e. The van der Waals surface area contributed by atoms with E-state index in [4.69, 9.17) is 19.9 Å². The van der Waals surface area contributed by atoms with Gasteiger partial charge in [-0.1, -0.05) is 0 Å². The monoisotopic (exact) mass is 266 g/mol. The number of nitrogen functional groups attached to an aromatic ring is 1. The van der Waals surface area contributed by atoms with Gasteiger partial charge in [-0.3, -0.25) is 4.79 Å². The Morgan fingerprint density at radius 3 is 2.95 bits per heavy atom. The lowest BCUT2D eigenvalue weighted by Gasteiger charge is -2.20. The number of rotatable bonds is 5. The third-order valence-electron chi connectivity index (χ3n) is 2.54.